The van der Waals surface area contributed by atoms with Gasteiger partial charge in [-0.05, 0) is 62.6 Å². The summed E-state index contributed by atoms with van der Waals surface area (Å²) in [5.41, 5.74) is 2.69. The number of piperidine rings is 1. The summed E-state index contributed by atoms with van der Waals surface area (Å²) in [5.74, 6) is -0.843. The third kappa shape index (κ3) is 4.20. The van der Waals surface area contributed by atoms with Gasteiger partial charge in [0.15, 0.2) is 0 Å². The zero-order valence-corrected chi connectivity index (χ0v) is 16.2. The number of amides is 1. The normalized spacial score (nSPS) is 18.3. The van der Waals surface area contributed by atoms with Crippen molar-refractivity contribution in [2.45, 2.75) is 44.0 Å². The number of carbonyl (C=O) groups excluding carboxylic acids is 1. The first-order chi connectivity index (χ1) is 12.8. The molecule has 0 radical (unpaired) electrons. The highest BCUT2D eigenvalue weighted by Gasteiger charge is 2.37. The molecule has 144 valence electrons. The summed E-state index contributed by atoms with van der Waals surface area (Å²) in [4.78, 5) is 12.9. The van der Waals surface area contributed by atoms with Crippen LogP contribution in [0.4, 0.5) is 10.1 Å². The number of anilines is 1. The number of carbonyl (C=O) groups is 1. The highest BCUT2D eigenvalue weighted by molar-refractivity contribution is 7.89. The van der Waals surface area contributed by atoms with Crippen molar-refractivity contribution in [2.75, 3.05) is 11.9 Å². The van der Waals surface area contributed by atoms with Crippen LogP contribution in [0.5, 0.6) is 0 Å². The Balaban J connectivity index is 1.86. The van der Waals surface area contributed by atoms with Gasteiger partial charge >= 0.3 is 0 Å². The third-order valence-electron chi connectivity index (χ3n) is 4.82. The molecule has 0 bridgehead atoms. The van der Waals surface area contributed by atoms with Gasteiger partial charge in [-0.1, -0.05) is 24.1 Å². The average Bonchev–Trinajstić information content (AvgIpc) is 2.64. The van der Waals surface area contributed by atoms with Crippen molar-refractivity contribution < 1.29 is 17.6 Å². The fourth-order valence-electron chi connectivity index (χ4n) is 3.37. The first-order valence-corrected chi connectivity index (χ1v) is 10.4. The quantitative estimate of drug-likeness (QED) is 0.867. The molecule has 1 fully saturated rings. The summed E-state index contributed by atoms with van der Waals surface area (Å²) in [6.45, 7) is 4.14. The Kier molecular flexibility index (Phi) is 5.62. The zero-order chi connectivity index (χ0) is 19.6. The van der Waals surface area contributed by atoms with Gasteiger partial charge in [0.1, 0.15) is 11.9 Å². The lowest BCUT2D eigenvalue weighted by Gasteiger charge is -2.33. The van der Waals surface area contributed by atoms with E-state index in [-0.39, 0.29) is 17.3 Å². The van der Waals surface area contributed by atoms with E-state index < -0.39 is 21.9 Å². The van der Waals surface area contributed by atoms with Crippen LogP contribution in [0.1, 0.15) is 30.4 Å². The minimum absolute atomic E-state index is 0.00452. The van der Waals surface area contributed by atoms with Crippen molar-refractivity contribution in [1.82, 2.24) is 4.31 Å². The predicted molar refractivity (Wildman–Crippen MR) is 102 cm³/mol. The monoisotopic (exact) mass is 390 g/mol. The number of hydrogen-bond acceptors (Lipinski definition) is 3. The van der Waals surface area contributed by atoms with Crippen LogP contribution in [0.2, 0.25) is 0 Å². The first-order valence-electron chi connectivity index (χ1n) is 8.94. The molecule has 0 aromatic heterocycles. The van der Waals surface area contributed by atoms with Gasteiger partial charge in [-0.15, -0.1) is 0 Å². The number of benzene rings is 2. The maximum Gasteiger partial charge on any atom is 0.243 e. The lowest BCUT2D eigenvalue weighted by Crippen LogP contribution is -2.49. The van der Waals surface area contributed by atoms with Crippen molar-refractivity contribution in [3.05, 3.63) is 59.4 Å². The van der Waals surface area contributed by atoms with Crippen LogP contribution in [0.15, 0.2) is 47.4 Å². The van der Waals surface area contributed by atoms with Crippen molar-refractivity contribution in [1.29, 1.82) is 0 Å². The van der Waals surface area contributed by atoms with E-state index in [1.165, 1.54) is 16.4 Å². The lowest BCUT2D eigenvalue weighted by atomic mass is 10.0. The summed E-state index contributed by atoms with van der Waals surface area (Å²) in [7, 11) is -3.88. The Bertz CT molecular complexity index is 942. The molecule has 1 heterocycles. The SMILES string of the molecule is Cc1ccc(NC(=O)[C@H]2CCCCN2S(=O)(=O)c2ccc(F)cc2)c(C)c1. The van der Waals surface area contributed by atoms with Crippen molar-refractivity contribution >= 4 is 21.6 Å². The molecule has 1 amide bonds. The predicted octanol–water partition coefficient (Wildman–Crippen LogP) is 3.62. The van der Waals surface area contributed by atoms with Gasteiger partial charge in [0.25, 0.3) is 0 Å². The van der Waals surface area contributed by atoms with Crippen LogP contribution >= 0.6 is 0 Å². The Morgan fingerprint density at radius 3 is 2.48 bits per heavy atom. The molecule has 2 aromatic rings. The second kappa shape index (κ2) is 7.78. The van der Waals surface area contributed by atoms with E-state index in [1.54, 1.807) is 0 Å². The summed E-state index contributed by atoms with van der Waals surface area (Å²) < 4.78 is 40.4. The summed E-state index contributed by atoms with van der Waals surface area (Å²) in [6, 6.07) is 9.60. The van der Waals surface area contributed by atoms with E-state index in [0.717, 1.165) is 29.7 Å². The van der Waals surface area contributed by atoms with Crippen LogP contribution in [-0.4, -0.2) is 31.2 Å². The largest absolute Gasteiger partial charge is 0.324 e. The molecular weight excluding hydrogens is 367 g/mol. The Morgan fingerprint density at radius 1 is 1.11 bits per heavy atom. The molecular formula is C20H23FN2O3S. The van der Waals surface area contributed by atoms with Crippen molar-refractivity contribution in [3.8, 4) is 0 Å². The molecule has 1 aliphatic heterocycles. The summed E-state index contributed by atoms with van der Waals surface area (Å²) >= 11 is 0. The van der Waals surface area contributed by atoms with Crippen LogP contribution in [0.3, 0.4) is 0 Å². The molecule has 0 spiro atoms. The van der Waals surface area contributed by atoms with Crippen LogP contribution in [0.25, 0.3) is 0 Å². The van der Waals surface area contributed by atoms with Gasteiger partial charge in [-0.2, -0.15) is 4.31 Å². The molecule has 7 heteroatoms. The number of hydrogen-bond donors (Lipinski definition) is 1. The number of halogens is 1. The first kappa shape index (κ1) is 19.5. The molecule has 1 atom stereocenters. The number of aryl methyl sites for hydroxylation is 2. The van der Waals surface area contributed by atoms with Gasteiger partial charge in [-0.3, -0.25) is 4.79 Å². The van der Waals surface area contributed by atoms with E-state index in [2.05, 4.69) is 5.32 Å². The van der Waals surface area contributed by atoms with E-state index in [1.807, 2.05) is 32.0 Å². The maximum absolute atomic E-state index is 13.2. The summed E-state index contributed by atoms with van der Waals surface area (Å²) in [6.07, 6.45) is 1.92. The molecule has 3 rings (SSSR count). The van der Waals surface area contributed by atoms with Gasteiger partial charge in [0.2, 0.25) is 15.9 Å². The highest BCUT2D eigenvalue weighted by atomic mass is 32.2. The maximum atomic E-state index is 13.2. The molecule has 27 heavy (non-hydrogen) atoms. The van der Waals surface area contributed by atoms with Gasteiger partial charge in [-0.25, -0.2) is 12.8 Å². The average molecular weight is 390 g/mol. The van der Waals surface area contributed by atoms with Crippen LogP contribution in [-0.2, 0) is 14.8 Å². The number of nitrogens with zero attached hydrogens (tertiary/aromatic N) is 1. The molecule has 1 saturated heterocycles. The van der Waals surface area contributed by atoms with Gasteiger partial charge in [0, 0.05) is 12.2 Å². The topological polar surface area (TPSA) is 66.5 Å². The molecule has 5 nitrogen and oxygen atoms in total. The lowest BCUT2D eigenvalue weighted by molar-refractivity contribution is -0.120. The molecule has 2 aromatic carbocycles. The van der Waals surface area contributed by atoms with Crippen LogP contribution < -0.4 is 5.32 Å². The van der Waals surface area contributed by atoms with Gasteiger partial charge in [0.05, 0.1) is 4.90 Å². The van der Waals surface area contributed by atoms with Gasteiger partial charge < -0.3 is 5.32 Å². The number of rotatable bonds is 4. The minimum atomic E-state index is -3.88. The molecule has 1 N–H and O–H groups in total. The smallest absolute Gasteiger partial charge is 0.243 e. The van der Waals surface area contributed by atoms with Crippen molar-refractivity contribution in [3.63, 3.8) is 0 Å². The molecule has 0 unspecified atom stereocenters. The Labute approximate surface area is 159 Å². The van der Waals surface area contributed by atoms with Crippen molar-refractivity contribution in [2.24, 2.45) is 0 Å². The zero-order valence-electron chi connectivity index (χ0n) is 15.4. The fourth-order valence-corrected chi connectivity index (χ4v) is 5.02. The number of sulfonamides is 1. The fraction of sp³-hybridized carbons (Fsp3) is 0.350. The second-order valence-electron chi connectivity index (χ2n) is 6.89. The molecule has 1 aliphatic rings. The second-order valence-corrected chi connectivity index (χ2v) is 8.78. The van der Waals surface area contributed by atoms with E-state index in [4.69, 9.17) is 0 Å². The number of nitrogens with one attached hydrogen (secondary N) is 1. The van der Waals surface area contributed by atoms with Crippen LogP contribution in [0, 0.1) is 19.7 Å². The minimum Gasteiger partial charge on any atom is -0.324 e. The Hall–Kier alpha value is -2.25. The van der Waals surface area contributed by atoms with E-state index in [9.17, 15) is 17.6 Å². The standard InChI is InChI=1S/C20H23FN2O3S/c1-14-6-11-18(15(2)13-14)22-20(24)19-5-3-4-12-23(19)27(25,26)17-9-7-16(21)8-10-17/h6-11,13,19H,3-5,12H2,1-2H3,(H,22,24)/t19-/m1/s1. The molecule has 0 aliphatic carbocycles. The Morgan fingerprint density at radius 2 is 1.81 bits per heavy atom. The molecule has 0 saturated carbocycles. The highest BCUT2D eigenvalue weighted by Crippen LogP contribution is 2.27. The third-order valence-corrected chi connectivity index (χ3v) is 6.74. The van der Waals surface area contributed by atoms with E-state index >= 15 is 0 Å². The van der Waals surface area contributed by atoms with E-state index in [0.29, 0.717) is 18.5 Å². The summed E-state index contributed by atoms with van der Waals surface area (Å²) in [5, 5.41) is 2.86.